The molecule has 0 bridgehead atoms. The van der Waals surface area contributed by atoms with Crippen molar-refractivity contribution in [3.05, 3.63) is 53.7 Å². The molecule has 1 aromatic carbocycles. The van der Waals surface area contributed by atoms with E-state index >= 15 is 0 Å². The molecule has 0 aliphatic rings. The molecule has 1 heterocycles. The Hall–Kier alpha value is -1.83. The molecule has 2 nitrogen and oxygen atoms in total. The van der Waals surface area contributed by atoms with E-state index in [-0.39, 0.29) is 0 Å². The molecule has 2 aromatic rings. The van der Waals surface area contributed by atoms with Gasteiger partial charge in [-0.25, -0.2) is 4.98 Å². The highest BCUT2D eigenvalue weighted by molar-refractivity contribution is 5.57. The summed E-state index contributed by atoms with van der Waals surface area (Å²) in [6.45, 7) is 8.90. The topological polar surface area (TPSA) is 24.9 Å². The fourth-order valence-electron chi connectivity index (χ4n) is 2.31. The lowest BCUT2D eigenvalue weighted by atomic mass is 9.98. The normalized spacial score (nSPS) is 13.7. The van der Waals surface area contributed by atoms with Crippen molar-refractivity contribution < 1.29 is 0 Å². The Kier molecular flexibility index (Phi) is 5.38. The Balaban J connectivity index is 2.18. The van der Waals surface area contributed by atoms with Gasteiger partial charge in [-0.05, 0) is 54.5 Å². The second kappa shape index (κ2) is 7.26. The molecule has 0 amide bonds. The van der Waals surface area contributed by atoms with E-state index in [1.54, 1.807) is 0 Å². The molecule has 0 radical (unpaired) electrons. The number of rotatable bonds is 6. The van der Waals surface area contributed by atoms with Crippen molar-refractivity contribution in [3.63, 3.8) is 0 Å². The summed E-state index contributed by atoms with van der Waals surface area (Å²) in [6, 6.07) is 14.9. The predicted octanol–water partition coefficient (Wildman–Crippen LogP) is 5.85. The van der Waals surface area contributed by atoms with Gasteiger partial charge in [-0.1, -0.05) is 45.9 Å². The third kappa shape index (κ3) is 4.07. The highest BCUT2D eigenvalue weighted by atomic mass is 15.0. The molecule has 0 aliphatic carbocycles. The quantitative estimate of drug-likeness (QED) is 0.718. The Morgan fingerprint density at radius 2 is 1.67 bits per heavy atom. The lowest BCUT2D eigenvalue weighted by Gasteiger charge is -2.13. The smallest absolute Gasteiger partial charge is 0.130 e. The molecule has 0 aliphatic heterocycles. The van der Waals surface area contributed by atoms with E-state index in [9.17, 15) is 0 Å². The molecule has 1 N–H and O–H groups in total. The Morgan fingerprint density at radius 3 is 2.38 bits per heavy atom. The van der Waals surface area contributed by atoms with Crippen LogP contribution in [0.5, 0.6) is 0 Å². The van der Waals surface area contributed by atoms with Crippen LogP contribution in [0.15, 0.2) is 42.5 Å². The summed E-state index contributed by atoms with van der Waals surface area (Å²) in [5.74, 6) is 2.01. The van der Waals surface area contributed by atoms with Crippen LogP contribution in [0.1, 0.15) is 63.6 Å². The minimum Gasteiger partial charge on any atom is -0.340 e. The molecule has 0 spiro atoms. The lowest BCUT2D eigenvalue weighted by Crippen LogP contribution is -2.00. The van der Waals surface area contributed by atoms with Crippen molar-refractivity contribution in [1.82, 2.24) is 4.98 Å². The minimum absolute atomic E-state index is 0.498. The van der Waals surface area contributed by atoms with Crippen molar-refractivity contribution in [1.29, 1.82) is 0 Å². The number of hydrogen-bond donors (Lipinski definition) is 1. The van der Waals surface area contributed by atoms with E-state index in [1.807, 2.05) is 6.07 Å². The van der Waals surface area contributed by atoms with Gasteiger partial charge in [0.2, 0.25) is 0 Å². The van der Waals surface area contributed by atoms with E-state index in [1.165, 1.54) is 5.56 Å². The van der Waals surface area contributed by atoms with E-state index < -0.39 is 0 Å². The van der Waals surface area contributed by atoms with Crippen LogP contribution in [0.25, 0.3) is 0 Å². The monoisotopic (exact) mass is 282 g/mol. The highest BCUT2D eigenvalue weighted by Crippen LogP contribution is 2.24. The molecule has 0 saturated carbocycles. The Morgan fingerprint density at radius 1 is 0.952 bits per heavy atom. The zero-order valence-electron chi connectivity index (χ0n) is 13.6. The molecular weight excluding hydrogens is 256 g/mol. The number of anilines is 2. The van der Waals surface area contributed by atoms with E-state index in [0.29, 0.717) is 11.8 Å². The maximum absolute atomic E-state index is 4.72. The van der Waals surface area contributed by atoms with Gasteiger partial charge < -0.3 is 5.32 Å². The van der Waals surface area contributed by atoms with Crippen LogP contribution >= 0.6 is 0 Å². The Labute approximate surface area is 128 Å². The molecule has 2 unspecified atom stereocenters. The third-order valence-electron chi connectivity index (χ3n) is 4.23. The summed E-state index contributed by atoms with van der Waals surface area (Å²) in [5.41, 5.74) is 3.64. The summed E-state index contributed by atoms with van der Waals surface area (Å²) in [7, 11) is 0. The van der Waals surface area contributed by atoms with Crippen LogP contribution in [0, 0.1) is 0 Å². The van der Waals surface area contributed by atoms with Gasteiger partial charge in [0.15, 0.2) is 0 Å². The number of aromatic nitrogens is 1. The van der Waals surface area contributed by atoms with Crippen LogP contribution in [0.4, 0.5) is 11.5 Å². The number of hydrogen-bond acceptors (Lipinski definition) is 2. The highest BCUT2D eigenvalue weighted by Gasteiger charge is 2.07. The van der Waals surface area contributed by atoms with Gasteiger partial charge in [-0.15, -0.1) is 0 Å². The van der Waals surface area contributed by atoms with E-state index in [0.717, 1.165) is 30.0 Å². The number of nitrogens with zero attached hydrogens (tertiary/aromatic N) is 1. The maximum atomic E-state index is 4.72. The predicted molar refractivity (Wildman–Crippen MR) is 91.4 cm³/mol. The van der Waals surface area contributed by atoms with Gasteiger partial charge in [-0.2, -0.15) is 0 Å². The first kappa shape index (κ1) is 15.6. The number of nitrogens with one attached hydrogen (secondary N) is 1. The fourth-order valence-corrected chi connectivity index (χ4v) is 2.31. The maximum Gasteiger partial charge on any atom is 0.130 e. The Bertz CT molecular complexity index is 526. The second-order valence-electron chi connectivity index (χ2n) is 5.82. The first-order valence-corrected chi connectivity index (χ1v) is 7.98. The van der Waals surface area contributed by atoms with Crippen LogP contribution in [-0.4, -0.2) is 4.98 Å². The van der Waals surface area contributed by atoms with Gasteiger partial charge in [0.05, 0.1) is 0 Å². The van der Waals surface area contributed by atoms with Crippen LogP contribution in [-0.2, 0) is 0 Å². The summed E-state index contributed by atoms with van der Waals surface area (Å²) in [6.07, 6.45) is 2.27. The molecule has 0 fully saturated rings. The number of pyridine rings is 1. The van der Waals surface area contributed by atoms with Crippen LogP contribution in [0.2, 0.25) is 0 Å². The van der Waals surface area contributed by atoms with E-state index in [2.05, 4.69) is 69.4 Å². The number of benzene rings is 1. The zero-order chi connectivity index (χ0) is 15.2. The molecule has 2 atom stereocenters. The molecule has 2 rings (SSSR count). The average Bonchev–Trinajstić information content (AvgIpc) is 2.53. The van der Waals surface area contributed by atoms with Crippen molar-refractivity contribution in [3.8, 4) is 0 Å². The standard InChI is InChI=1S/C19H26N2/c1-5-14(3)16-9-7-10-17(13-16)20-19-12-8-11-18(21-19)15(4)6-2/h7-15H,5-6H2,1-4H3,(H,20,21). The first-order chi connectivity index (χ1) is 10.1. The average molecular weight is 282 g/mol. The van der Waals surface area contributed by atoms with E-state index in [4.69, 9.17) is 4.98 Å². The van der Waals surface area contributed by atoms with Gasteiger partial charge >= 0.3 is 0 Å². The zero-order valence-corrected chi connectivity index (χ0v) is 13.6. The third-order valence-corrected chi connectivity index (χ3v) is 4.23. The fraction of sp³-hybridized carbons (Fsp3) is 0.421. The van der Waals surface area contributed by atoms with Gasteiger partial charge in [0, 0.05) is 11.4 Å². The van der Waals surface area contributed by atoms with Crippen molar-refractivity contribution >= 4 is 11.5 Å². The molecule has 0 saturated heterocycles. The largest absolute Gasteiger partial charge is 0.340 e. The first-order valence-electron chi connectivity index (χ1n) is 7.98. The van der Waals surface area contributed by atoms with Crippen molar-refractivity contribution in [2.24, 2.45) is 0 Å². The summed E-state index contributed by atoms with van der Waals surface area (Å²) >= 11 is 0. The minimum atomic E-state index is 0.498. The van der Waals surface area contributed by atoms with Crippen molar-refractivity contribution in [2.45, 2.75) is 52.4 Å². The summed E-state index contributed by atoms with van der Waals surface area (Å²) in [4.78, 5) is 4.72. The van der Waals surface area contributed by atoms with Crippen LogP contribution < -0.4 is 5.32 Å². The second-order valence-corrected chi connectivity index (χ2v) is 5.82. The van der Waals surface area contributed by atoms with Crippen LogP contribution in [0.3, 0.4) is 0 Å². The van der Waals surface area contributed by atoms with Gasteiger partial charge in [0.25, 0.3) is 0 Å². The van der Waals surface area contributed by atoms with Gasteiger partial charge in [-0.3, -0.25) is 0 Å². The van der Waals surface area contributed by atoms with Crippen molar-refractivity contribution in [2.75, 3.05) is 5.32 Å². The molecule has 2 heteroatoms. The molecule has 1 aromatic heterocycles. The molecule has 112 valence electrons. The summed E-state index contributed by atoms with van der Waals surface area (Å²) in [5, 5.41) is 3.43. The van der Waals surface area contributed by atoms with Gasteiger partial charge in [0.1, 0.15) is 5.82 Å². The molecule has 21 heavy (non-hydrogen) atoms. The lowest BCUT2D eigenvalue weighted by molar-refractivity contribution is 0.709. The SMILES string of the molecule is CCC(C)c1cccc(Nc2cccc(C(C)CC)n2)c1. The summed E-state index contributed by atoms with van der Waals surface area (Å²) < 4.78 is 0. The molecular formula is C19H26N2.